The lowest BCUT2D eigenvalue weighted by molar-refractivity contribution is 0.907. The van der Waals surface area contributed by atoms with E-state index in [0.717, 1.165) is 17.8 Å². The number of imidazole rings is 1. The smallest absolute Gasteiger partial charge is 0.140 e. The van der Waals surface area contributed by atoms with Gasteiger partial charge in [0.05, 0.1) is 6.20 Å². The van der Waals surface area contributed by atoms with Gasteiger partial charge in [-0.05, 0) is 12.0 Å². The summed E-state index contributed by atoms with van der Waals surface area (Å²) in [5, 5.41) is 8.85. The Morgan fingerprint density at radius 1 is 1.31 bits per heavy atom. The fraction of sp³-hybridized carbons (Fsp3) is 0.231. The average Bonchev–Trinajstić information content (AvgIpc) is 2.70. The van der Waals surface area contributed by atoms with E-state index in [4.69, 9.17) is 5.26 Å². The predicted octanol–water partition coefficient (Wildman–Crippen LogP) is 2.52. The summed E-state index contributed by atoms with van der Waals surface area (Å²) >= 11 is 0. The molecule has 0 N–H and O–H groups in total. The van der Waals surface area contributed by atoms with Crippen molar-refractivity contribution in [2.45, 2.75) is 13.3 Å². The molecule has 0 radical (unpaired) electrons. The van der Waals surface area contributed by atoms with Crippen LogP contribution in [0.15, 0.2) is 30.5 Å². The van der Waals surface area contributed by atoms with Gasteiger partial charge in [-0.15, -0.1) is 0 Å². The van der Waals surface area contributed by atoms with Crippen LogP contribution in [0, 0.1) is 11.3 Å². The number of aryl methyl sites for hydroxylation is 1. The third-order valence-corrected chi connectivity index (χ3v) is 2.72. The van der Waals surface area contributed by atoms with E-state index in [1.807, 2.05) is 19.2 Å². The van der Waals surface area contributed by atoms with Crippen molar-refractivity contribution in [1.82, 2.24) is 9.55 Å². The van der Waals surface area contributed by atoms with E-state index in [-0.39, 0.29) is 0 Å². The third-order valence-electron chi connectivity index (χ3n) is 2.72. The van der Waals surface area contributed by atoms with Crippen molar-refractivity contribution in [2.75, 3.05) is 0 Å². The lowest BCUT2D eigenvalue weighted by atomic mass is 10.1. The van der Waals surface area contributed by atoms with Gasteiger partial charge in [0, 0.05) is 12.6 Å². The summed E-state index contributed by atoms with van der Waals surface area (Å²) < 4.78 is 1.81. The Balaban J connectivity index is 2.43. The maximum Gasteiger partial charge on any atom is 0.140 e. The van der Waals surface area contributed by atoms with Gasteiger partial charge in [0.15, 0.2) is 0 Å². The van der Waals surface area contributed by atoms with E-state index in [1.165, 1.54) is 5.56 Å². The summed E-state index contributed by atoms with van der Waals surface area (Å²) in [7, 11) is 1.86. The summed E-state index contributed by atoms with van der Waals surface area (Å²) in [5.41, 5.74) is 2.93. The van der Waals surface area contributed by atoms with Crippen molar-refractivity contribution in [3.05, 3.63) is 41.7 Å². The zero-order valence-electron chi connectivity index (χ0n) is 9.44. The number of hydrogen-bond donors (Lipinski definition) is 0. The van der Waals surface area contributed by atoms with Gasteiger partial charge in [-0.2, -0.15) is 5.26 Å². The second-order valence-corrected chi connectivity index (χ2v) is 3.69. The Morgan fingerprint density at radius 2 is 2.00 bits per heavy atom. The summed E-state index contributed by atoms with van der Waals surface area (Å²) in [5.74, 6) is 0.833. The summed E-state index contributed by atoms with van der Waals surface area (Å²) in [6.07, 6.45) is 2.63. The average molecular weight is 211 g/mol. The molecule has 3 heteroatoms. The van der Waals surface area contributed by atoms with Gasteiger partial charge >= 0.3 is 0 Å². The lowest BCUT2D eigenvalue weighted by Gasteiger charge is -2.03. The van der Waals surface area contributed by atoms with Gasteiger partial charge in [-0.25, -0.2) is 4.98 Å². The fourth-order valence-electron chi connectivity index (χ4n) is 1.67. The monoisotopic (exact) mass is 211 g/mol. The molecule has 0 spiro atoms. The highest BCUT2D eigenvalue weighted by molar-refractivity contribution is 5.57. The molecule has 1 aromatic carbocycles. The van der Waals surface area contributed by atoms with Crippen LogP contribution in [0.4, 0.5) is 0 Å². The van der Waals surface area contributed by atoms with Gasteiger partial charge < -0.3 is 4.57 Å². The standard InChI is InChI=1S/C13H13N3/c1-3-10-4-6-11(7-5-10)13-15-9-12(8-14)16(13)2/h4-7,9H,3H2,1-2H3. The summed E-state index contributed by atoms with van der Waals surface area (Å²) in [6, 6.07) is 10.4. The van der Waals surface area contributed by atoms with E-state index < -0.39 is 0 Å². The first kappa shape index (κ1) is 10.4. The number of nitrogens with zero attached hydrogens (tertiary/aromatic N) is 3. The minimum atomic E-state index is 0.578. The maximum atomic E-state index is 8.85. The Labute approximate surface area is 95.0 Å². The number of benzene rings is 1. The van der Waals surface area contributed by atoms with Gasteiger partial charge in [0.2, 0.25) is 0 Å². The fourth-order valence-corrected chi connectivity index (χ4v) is 1.67. The zero-order valence-corrected chi connectivity index (χ0v) is 9.44. The van der Waals surface area contributed by atoms with E-state index in [0.29, 0.717) is 5.69 Å². The molecular weight excluding hydrogens is 198 g/mol. The van der Waals surface area contributed by atoms with Crippen LogP contribution < -0.4 is 0 Å². The van der Waals surface area contributed by atoms with Crippen LogP contribution in [-0.4, -0.2) is 9.55 Å². The molecule has 16 heavy (non-hydrogen) atoms. The molecule has 1 aromatic heterocycles. The van der Waals surface area contributed by atoms with Crippen LogP contribution in [0.5, 0.6) is 0 Å². The lowest BCUT2D eigenvalue weighted by Crippen LogP contribution is -1.95. The molecule has 2 aromatic rings. The predicted molar refractivity (Wildman–Crippen MR) is 62.7 cm³/mol. The molecule has 0 saturated heterocycles. The van der Waals surface area contributed by atoms with Crippen LogP contribution >= 0.6 is 0 Å². The topological polar surface area (TPSA) is 41.6 Å². The van der Waals surface area contributed by atoms with Crippen molar-refractivity contribution in [3.63, 3.8) is 0 Å². The first-order chi connectivity index (χ1) is 7.76. The van der Waals surface area contributed by atoms with E-state index in [9.17, 15) is 0 Å². The molecule has 3 nitrogen and oxygen atoms in total. The Morgan fingerprint density at radius 3 is 2.50 bits per heavy atom. The van der Waals surface area contributed by atoms with Crippen molar-refractivity contribution in [2.24, 2.45) is 7.05 Å². The third kappa shape index (κ3) is 1.70. The molecule has 0 bridgehead atoms. The molecule has 0 saturated carbocycles. The molecular formula is C13H13N3. The number of rotatable bonds is 2. The Kier molecular flexibility index (Phi) is 2.74. The van der Waals surface area contributed by atoms with Crippen LogP contribution in [-0.2, 0) is 13.5 Å². The largest absolute Gasteiger partial charge is 0.319 e. The normalized spacial score (nSPS) is 10.1. The SMILES string of the molecule is CCc1ccc(-c2ncc(C#N)n2C)cc1. The molecule has 0 fully saturated rings. The first-order valence-corrected chi connectivity index (χ1v) is 5.27. The first-order valence-electron chi connectivity index (χ1n) is 5.27. The minimum Gasteiger partial charge on any atom is -0.319 e. The highest BCUT2D eigenvalue weighted by Crippen LogP contribution is 2.19. The van der Waals surface area contributed by atoms with Gasteiger partial charge in [0.25, 0.3) is 0 Å². The molecule has 0 aliphatic rings. The van der Waals surface area contributed by atoms with Crippen molar-refractivity contribution >= 4 is 0 Å². The second-order valence-electron chi connectivity index (χ2n) is 3.69. The molecule has 0 amide bonds. The van der Waals surface area contributed by atoms with Gasteiger partial charge in [-0.1, -0.05) is 31.2 Å². The van der Waals surface area contributed by atoms with Crippen LogP contribution in [0.3, 0.4) is 0 Å². The maximum absolute atomic E-state index is 8.85. The molecule has 0 aliphatic carbocycles. The summed E-state index contributed by atoms with van der Waals surface area (Å²) in [4.78, 5) is 4.25. The van der Waals surface area contributed by atoms with E-state index >= 15 is 0 Å². The van der Waals surface area contributed by atoms with Gasteiger partial charge in [-0.3, -0.25) is 0 Å². The second kappa shape index (κ2) is 4.19. The molecule has 0 unspecified atom stereocenters. The molecule has 0 atom stereocenters. The van der Waals surface area contributed by atoms with Crippen molar-refractivity contribution < 1.29 is 0 Å². The zero-order chi connectivity index (χ0) is 11.5. The van der Waals surface area contributed by atoms with Crippen LogP contribution in [0.1, 0.15) is 18.2 Å². The molecule has 80 valence electrons. The summed E-state index contributed by atoms with van der Waals surface area (Å²) in [6.45, 7) is 2.13. The van der Waals surface area contributed by atoms with Crippen LogP contribution in [0.2, 0.25) is 0 Å². The number of aromatic nitrogens is 2. The molecule has 0 aliphatic heterocycles. The van der Waals surface area contributed by atoms with E-state index in [1.54, 1.807) is 10.8 Å². The van der Waals surface area contributed by atoms with E-state index in [2.05, 4.69) is 30.1 Å². The van der Waals surface area contributed by atoms with Gasteiger partial charge in [0.1, 0.15) is 17.6 Å². The van der Waals surface area contributed by atoms with Crippen LogP contribution in [0.25, 0.3) is 11.4 Å². The Hall–Kier alpha value is -2.08. The van der Waals surface area contributed by atoms with Crippen molar-refractivity contribution in [3.8, 4) is 17.5 Å². The minimum absolute atomic E-state index is 0.578. The number of hydrogen-bond acceptors (Lipinski definition) is 2. The molecule has 1 heterocycles. The highest BCUT2D eigenvalue weighted by atomic mass is 15.1. The van der Waals surface area contributed by atoms with Crippen molar-refractivity contribution in [1.29, 1.82) is 5.26 Å². The Bertz CT molecular complexity index is 529. The quantitative estimate of drug-likeness (QED) is 0.766. The number of nitriles is 1. The molecule has 2 rings (SSSR count). The highest BCUT2D eigenvalue weighted by Gasteiger charge is 2.07.